The zero-order chi connectivity index (χ0) is 23.7. The molecule has 34 heavy (non-hydrogen) atoms. The summed E-state index contributed by atoms with van der Waals surface area (Å²) in [4.78, 5) is 13.2. The lowest BCUT2D eigenvalue weighted by Crippen LogP contribution is -2.43. The van der Waals surface area contributed by atoms with Gasteiger partial charge in [0.25, 0.3) is 0 Å². The van der Waals surface area contributed by atoms with Crippen LogP contribution < -0.4 is 5.32 Å². The van der Waals surface area contributed by atoms with Crippen LogP contribution in [0.5, 0.6) is 0 Å². The highest BCUT2D eigenvalue weighted by Crippen LogP contribution is 2.27. The van der Waals surface area contributed by atoms with Gasteiger partial charge >= 0.3 is 0 Å². The Hall–Kier alpha value is -3.22. The molecule has 1 unspecified atom stereocenters. The van der Waals surface area contributed by atoms with Gasteiger partial charge in [-0.2, -0.15) is 4.31 Å². The lowest BCUT2D eigenvalue weighted by molar-refractivity contribution is -0.126. The van der Waals surface area contributed by atoms with Crippen molar-refractivity contribution in [2.75, 3.05) is 13.1 Å². The molecule has 1 heterocycles. The van der Waals surface area contributed by atoms with Crippen LogP contribution in [0.3, 0.4) is 0 Å². The molecule has 0 aromatic heterocycles. The van der Waals surface area contributed by atoms with Crippen LogP contribution in [0.15, 0.2) is 89.8 Å². The second-order valence-corrected chi connectivity index (χ2v) is 11.0. The molecule has 174 valence electrons. The highest BCUT2D eigenvalue weighted by atomic mass is 32.2. The number of hydrogen-bond donors (Lipinski definition) is 1. The molecule has 1 atom stereocenters. The van der Waals surface area contributed by atoms with Crippen molar-refractivity contribution >= 4 is 37.5 Å². The summed E-state index contributed by atoms with van der Waals surface area (Å²) in [6, 6.07) is 27.2. The van der Waals surface area contributed by atoms with E-state index in [4.69, 9.17) is 0 Å². The first kappa shape index (κ1) is 22.6. The van der Waals surface area contributed by atoms with Gasteiger partial charge in [0.2, 0.25) is 15.9 Å². The predicted octanol–water partition coefficient (Wildman–Crippen LogP) is 5.27. The number of fused-ring (bicyclic) bond motifs is 2. The van der Waals surface area contributed by atoms with E-state index < -0.39 is 10.0 Å². The quantitative estimate of drug-likeness (QED) is 0.430. The molecular weight excluding hydrogens is 444 g/mol. The summed E-state index contributed by atoms with van der Waals surface area (Å²) in [5.41, 5.74) is 1.06. The summed E-state index contributed by atoms with van der Waals surface area (Å²) < 4.78 is 27.9. The number of amides is 1. The first-order valence-electron chi connectivity index (χ1n) is 11.7. The smallest absolute Gasteiger partial charge is 0.243 e. The van der Waals surface area contributed by atoms with Crippen LogP contribution in [-0.4, -0.2) is 31.7 Å². The van der Waals surface area contributed by atoms with E-state index in [1.54, 1.807) is 12.1 Å². The fourth-order valence-corrected chi connectivity index (χ4v) is 6.23. The molecule has 5 rings (SSSR count). The Labute approximate surface area is 200 Å². The van der Waals surface area contributed by atoms with Gasteiger partial charge in [-0.1, -0.05) is 66.7 Å². The van der Waals surface area contributed by atoms with E-state index >= 15 is 0 Å². The molecule has 0 bridgehead atoms. The van der Waals surface area contributed by atoms with E-state index in [1.807, 2.05) is 55.5 Å². The third-order valence-corrected chi connectivity index (χ3v) is 8.71. The molecule has 1 saturated heterocycles. The van der Waals surface area contributed by atoms with Gasteiger partial charge in [-0.25, -0.2) is 8.42 Å². The number of carbonyl (C=O) groups excluding carboxylic acids is 1. The van der Waals surface area contributed by atoms with Gasteiger partial charge in [-0.3, -0.25) is 4.79 Å². The fraction of sp³-hybridized carbons (Fsp3) is 0.250. The van der Waals surface area contributed by atoms with Gasteiger partial charge in [0.05, 0.1) is 10.9 Å². The molecule has 0 radical (unpaired) electrons. The molecule has 1 aliphatic heterocycles. The molecule has 1 aliphatic rings. The van der Waals surface area contributed by atoms with E-state index in [0.717, 1.165) is 21.7 Å². The van der Waals surface area contributed by atoms with Crippen molar-refractivity contribution in [2.45, 2.75) is 30.7 Å². The van der Waals surface area contributed by atoms with Crippen molar-refractivity contribution in [1.29, 1.82) is 0 Å². The summed E-state index contributed by atoms with van der Waals surface area (Å²) in [7, 11) is -3.59. The summed E-state index contributed by atoms with van der Waals surface area (Å²) in [5.74, 6) is -0.200. The van der Waals surface area contributed by atoms with Gasteiger partial charge in [-0.15, -0.1) is 0 Å². The standard InChI is InChI=1S/C28H28N2O3S/c1-20(24-11-10-21-6-2-4-8-25(21)18-24)29-28(31)23-14-16-30(17-15-23)34(32,33)27-13-12-22-7-3-5-9-26(22)19-27/h2-13,18-20,23H,14-17H2,1H3,(H,29,31). The molecular formula is C28H28N2O3S. The maximum atomic E-state index is 13.2. The molecule has 1 fully saturated rings. The number of rotatable bonds is 5. The lowest BCUT2D eigenvalue weighted by atomic mass is 9.96. The summed E-state index contributed by atoms with van der Waals surface area (Å²) in [6.45, 7) is 2.68. The van der Waals surface area contributed by atoms with Gasteiger partial charge < -0.3 is 5.32 Å². The third kappa shape index (κ3) is 4.43. The number of sulfonamides is 1. The zero-order valence-electron chi connectivity index (χ0n) is 19.1. The maximum absolute atomic E-state index is 13.2. The largest absolute Gasteiger partial charge is 0.349 e. The molecule has 0 aliphatic carbocycles. The second-order valence-electron chi connectivity index (χ2n) is 9.02. The Morgan fingerprint density at radius 3 is 2.03 bits per heavy atom. The van der Waals surface area contributed by atoms with Crippen LogP contribution in [-0.2, 0) is 14.8 Å². The van der Waals surface area contributed by atoms with Crippen molar-refractivity contribution in [1.82, 2.24) is 9.62 Å². The van der Waals surface area contributed by atoms with Crippen LogP contribution in [0, 0.1) is 5.92 Å². The summed E-state index contributed by atoms with van der Waals surface area (Å²) in [5, 5.41) is 7.36. The Balaban J connectivity index is 1.22. The molecule has 4 aromatic rings. The number of piperidine rings is 1. The van der Waals surface area contributed by atoms with Crippen LogP contribution in [0.25, 0.3) is 21.5 Å². The minimum atomic E-state index is -3.59. The van der Waals surface area contributed by atoms with Crippen molar-refractivity contribution in [3.63, 3.8) is 0 Å². The number of benzene rings is 4. The molecule has 5 nitrogen and oxygen atoms in total. The first-order chi connectivity index (χ1) is 16.4. The van der Waals surface area contributed by atoms with Gasteiger partial charge in [-0.05, 0) is 65.1 Å². The molecule has 0 spiro atoms. The average Bonchev–Trinajstić information content (AvgIpc) is 2.88. The topological polar surface area (TPSA) is 66.5 Å². The zero-order valence-corrected chi connectivity index (χ0v) is 20.0. The third-order valence-electron chi connectivity index (χ3n) is 6.82. The Morgan fingerprint density at radius 2 is 1.38 bits per heavy atom. The second kappa shape index (κ2) is 9.20. The van der Waals surface area contributed by atoms with E-state index in [2.05, 4.69) is 29.6 Å². The first-order valence-corrected chi connectivity index (χ1v) is 13.1. The molecule has 1 N–H and O–H groups in total. The minimum absolute atomic E-state index is 0.0107. The molecule has 0 saturated carbocycles. The Morgan fingerprint density at radius 1 is 0.824 bits per heavy atom. The van der Waals surface area contributed by atoms with E-state index in [1.165, 1.54) is 9.69 Å². The average molecular weight is 473 g/mol. The van der Waals surface area contributed by atoms with Crippen molar-refractivity contribution < 1.29 is 13.2 Å². The van der Waals surface area contributed by atoms with Crippen LogP contribution in [0.4, 0.5) is 0 Å². The molecule has 6 heteroatoms. The summed E-state index contributed by atoms with van der Waals surface area (Å²) >= 11 is 0. The van der Waals surface area contributed by atoms with Crippen molar-refractivity contribution in [3.05, 3.63) is 90.5 Å². The highest BCUT2D eigenvalue weighted by Gasteiger charge is 2.32. The highest BCUT2D eigenvalue weighted by molar-refractivity contribution is 7.89. The van der Waals surface area contributed by atoms with E-state index in [-0.39, 0.29) is 17.9 Å². The number of nitrogens with one attached hydrogen (secondary N) is 1. The molecule has 1 amide bonds. The normalized spacial score (nSPS) is 16.5. The Kier molecular flexibility index (Phi) is 6.11. The SMILES string of the molecule is CC(NC(=O)C1CCN(S(=O)(=O)c2ccc3ccccc3c2)CC1)c1ccc2ccccc2c1. The van der Waals surface area contributed by atoms with Crippen LogP contribution in [0.1, 0.15) is 31.4 Å². The van der Waals surface area contributed by atoms with Crippen molar-refractivity contribution in [3.8, 4) is 0 Å². The van der Waals surface area contributed by atoms with E-state index in [9.17, 15) is 13.2 Å². The minimum Gasteiger partial charge on any atom is -0.349 e. The van der Waals surface area contributed by atoms with Crippen LogP contribution >= 0.6 is 0 Å². The van der Waals surface area contributed by atoms with E-state index in [0.29, 0.717) is 30.8 Å². The van der Waals surface area contributed by atoms with Crippen LogP contribution in [0.2, 0.25) is 0 Å². The monoisotopic (exact) mass is 472 g/mol. The van der Waals surface area contributed by atoms with Gasteiger partial charge in [0, 0.05) is 19.0 Å². The lowest BCUT2D eigenvalue weighted by Gasteiger charge is -2.31. The van der Waals surface area contributed by atoms with Gasteiger partial charge in [0.15, 0.2) is 0 Å². The maximum Gasteiger partial charge on any atom is 0.243 e. The van der Waals surface area contributed by atoms with Gasteiger partial charge in [0.1, 0.15) is 0 Å². The van der Waals surface area contributed by atoms with Crippen molar-refractivity contribution in [2.24, 2.45) is 5.92 Å². The Bertz CT molecular complexity index is 1460. The number of hydrogen-bond acceptors (Lipinski definition) is 3. The number of nitrogens with zero attached hydrogens (tertiary/aromatic N) is 1. The predicted molar refractivity (Wildman–Crippen MR) is 136 cm³/mol. The fourth-order valence-electron chi connectivity index (χ4n) is 4.73. The number of carbonyl (C=O) groups is 1. The summed E-state index contributed by atoms with van der Waals surface area (Å²) in [6.07, 6.45) is 1.03. The molecule has 4 aromatic carbocycles.